The Balaban J connectivity index is 2.85. The third-order valence-electron chi connectivity index (χ3n) is 3.40. The maximum absolute atomic E-state index is 11.2. The highest BCUT2D eigenvalue weighted by Crippen LogP contribution is 2.35. The van der Waals surface area contributed by atoms with Crippen molar-refractivity contribution in [3.8, 4) is 0 Å². The second-order valence-electron chi connectivity index (χ2n) is 5.41. The van der Waals surface area contributed by atoms with Crippen molar-refractivity contribution in [1.82, 2.24) is 0 Å². The molecule has 0 aromatic rings. The van der Waals surface area contributed by atoms with Gasteiger partial charge in [-0.25, -0.2) is 0 Å². The summed E-state index contributed by atoms with van der Waals surface area (Å²) in [6.07, 6.45) is 6.61. The quantitative estimate of drug-likeness (QED) is 0.774. The van der Waals surface area contributed by atoms with Crippen LogP contribution in [0.25, 0.3) is 0 Å². The van der Waals surface area contributed by atoms with Crippen molar-refractivity contribution in [3.05, 3.63) is 23.3 Å². The van der Waals surface area contributed by atoms with Gasteiger partial charge in [0, 0.05) is 0 Å². The zero-order chi connectivity index (χ0) is 13.1. The molecule has 0 aromatic carbocycles. The monoisotopic (exact) mass is 238 g/mol. The van der Waals surface area contributed by atoms with E-state index in [4.69, 9.17) is 0 Å². The Morgan fingerprint density at radius 3 is 2.41 bits per heavy atom. The van der Waals surface area contributed by atoms with Crippen molar-refractivity contribution < 1.29 is 15.0 Å². The van der Waals surface area contributed by atoms with Gasteiger partial charge in [-0.2, -0.15) is 0 Å². The number of hydrogen-bond donors (Lipinski definition) is 2. The van der Waals surface area contributed by atoms with Gasteiger partial charge in [0.2, 0.25) is 0 Å². The highest BCUT2D eigenvalue weighted by atomic mass is 16.4. The highest BCUT2D eigenvalue weighted by Gasteiger charge is 2.36. The van der Waals surface area contributed by atoms with Crippen molar-refractivity contribution in [2.24, 2.45) is 11.3 Å². The molecule has 1 rings (SSSR count). The van der Waals surface area contributed by atoms with Crippen LogP contribution in [-0.4, -0.2) is 22.8 Å². The molecule has 0 saturated heterocycles. The first-order valence-corrected chi connectivity index (χ1v) is 6.13. The molecule has 0 aliphatic heterocycles. The third kappa shape index (κ3) is 3.19. The molecule has 96 valence electrons. The van der Waals surface area contributed by atoms with Crippen molar-refractivity contribution in [2.75, 3.05) is 6.61 Å². The minimum Gasteiger partial charge on any atom is -0.481 e. The van der Waals surface area contributed by atoms with E-state index in [1.165, 1.54) is 5.57 Å². The molecular formula is C14H22O3. The molecule has 2 N–H and O–H groups in total. The molecule has 0 amide bonds. The lowest BCUT2D eigenvalue weighted by atomic mass is 9.77. The predicted octanol–water partition coefficient (Wildman–Crippen LogP) is 2.76. The van der Waals surface area contributed by atoms with Crippen LogP contribution < -0.4 is 0 Å². The van der Waals surface area contributed by atoms with Gasteiger partial charge in [-0.15, -0.1) is 0 Å². The predicted molar refractivity (Wildman–Crippen MR) is 67.7 cm³/mol. The SMILES string of the molecule is CC(C)CC1=CC=C(C(C)(CO)C(=O)O)CC1. The molecular weight excluding hydrogens is 216 g/mol. The minimum atomic E-state index is -1.13. The van der Waals surface area contributed by atoms with Crippen LogP contribution in [0.5, 0.6) is 0 Å². The normalized spacial score (nSPS) is 19.6. The van der Waals surface area contributed by atoms with Crippen LogP contribution in [0.15, 0.2) is 23.3 Å². The van der Waals surface area contributed by atoms with Gasteiger partial charge in [0.1, 0.15) is 5.41 Å². The average molecular weight is 238 g/mol. The fourth-order valence-electron chi connectivity index (χ4n) is 2.14. The minimum absolute atomic E-state index is 0.346. The zero-order valence-corrected chi connectivity index (χ0v) is 10.9. The summed E-state index contributed by atoms with van der Waals surface area (Å²) in [6, 6.07) is 0. The van der Waals surface area contributed by atoms with Crippen molar-refractivity contribution >= 4 is 5.97 Å². The number of aliphatic hydroxyl groups excluding tert-OH is 1. The Bertz CT molecular complexity index is 352. The Kier molecular flexibility index (Phi) is 4.52. The smallest absolute Gasteiger partial charge is 0.315 e. The van der Waals surface area contributed by atoms with Crippen LogP contribution >= 0.6 is 0 Å². The summed E-state index contributed by atoms with van der Waals surface area (Å²) >= 11 is 0. The molecule has 1 unspecified atom stereocenters. The van der Waals surface area contributed by atoms with Gasteiger partial charge in [-0.05, 0) is 32.1 Å². The number of hydrogen-bond acceptors (Lipinski definition) is 2. The van der Waals surface area contributed by atoms with Gasteiger partial charge < -0.3 is 10.2 Å². The van der Waals surface area contributed by atoms with Gasteiger partial charge in [0.05, 0.1) is 6.61 Å². The van der Waals surface area contributed by atoms with Crippen LogP contribution in [0, 0.1) is 11.3 Å². The number of allylic oxidation sites excluding steroid dienone is 3. The number of aliphatic hydroxyl groups is 1. The number of carboxylic acid groups (broad SMARTS) is 1. The van der Waals surface area contributed by atoms with Crippen molar-refractivity contribution in [1.29, 1.82) is 0 Å². The standard InChI is InChI=1S/C14H22O3/c1-10(2)8-11-4-6-12(7-5-11)14(3,9-15)13(16)17/h4,6,10,15H,5,7-9H2,1-3H3,(H,16,17). The van der Waals surface area contributed by atoms with E-state index in [2.05, 4.69) is 13.8 Å². The van der Waals surface area contributed by atoms with E-state index >= 15 is 0 Å². The first-order valence-electron chi connectivity index (χ1n) is 6.13. The number of carbonyl (C=O) groups is 1. The molecule has 1 atom stereocenters. The molecule has 17 heavy (non-hydrogen) atoms. The van der Waals surface area contributed by atoms with Gasteiger partial charge in [-0.1, -0.05) is 37.1 Å². The van der Waals surface area contributed by atoms with E-state index in [1.807, 2.05) is 12.2 Å². The van der Waals surface area contributed by atoms with Gasteiger partial charge in [0.15, 0.2) is 0 Å². The Morgan fingerprint density at radius 1 is 1.41 bits per heavy atom. The Hall–Kier alpha value is -1.09. The summed E-state index contributed by atoms with van der Waals surface area (Å²) in [6.45, 7) is 5.59. The molecule has 3 heteroatoms. The molecule has 0 radical (unpaired) electrons. The van der Waals surface area contributed by atoms with E-state index < -0.39 is 11.4 Å². The Labute approximate surface area is 103 Å². The van der Waals surface area contributed by atoms with Crippen LogP contribution in [-0.2, 0) is 4.79 Å². The summed E-state index contributed by atoms with van der Waals surface area (Å²) < 4.78 is 0. The Morgan fingerprint density at radius 2 is 2.06 bits per heavy atom. The van der Waals surface area contributed by atoms with E-state index in [0.29, 0.717) is 5.92 Å². The fourth-order valence-corrected chi connectivity index (χ4v) is 2.14. The lowest BCUT2D eigenvalue weighted by Gasteiger charge is -2.28. The topological polar surface area (TPSA) is 57.5 Å². The van der Waals surface area contributed by atoms with Gasteiger partial charge >= 0.3 is 5.97 Å². The summed E-state index contributed by atoms with van der Waals surface area (Å²) in [4.78, 5) is 11.2. The van der Waals surface area contributed by atoms with E-state index in [1.54, 1.807) is 6.92 Å². The van der Waals surface area contributed by atoms with Crippen LogP contribution in [0.1, 0.15) is 40.0 Å². The lowest BCUT2D eigenvalue weighted by Crippen LogP contribution is -2.34. The van der Waals surface area contributed by atoms with E-state index in [0.717, 1.165) is 24.8 Å². The average Bonchev–Trinajstić information content (AvgIpc) is 2.28. The van der Waals surface area contributed by atoms with Crippen LogP contribution in [0.4, 0.5) is 0 Å². The molecule has 1 aliphatic carbocycles. The molecule has 0 aromatic heterocycles. The molecule has 1 aliphatic rings. The van der Waals surface area contributed by atoms with Gasteiger partial charge in [-0.3, -0.25) is 4.79 Å². The second-order valence-corrected chi connectivity index (χ2v) is 5.41. The maximum atomic E-state index is 11.2. The van der Waals surface area contributed by atoms with Crippen LogP contribution in [0.3, 0.4) is 0 Å². The molecule has 3 nitrogen and oxygen atoms in total. The lowest BCUT2D eigenvalue weighted by molar-refractivity contribution is -0.147. The summed E-state index contributed by atoms with van der Waals surface area (Å²) in [5.74, 6) is -0.327. The number of carboxylic acids is 1. The molecule has 0 fully saturated rings. The number of rotatable bonds is 5. The summed E-state index contributed by atoms with van der Waals surface area (Å²) in [5, 5.41) is 18.5. The largest absolute Gasteiger partial charge is 0.481 e. The highest BCUT2D eigenvalue weighted by molar-refractivity contribution is 5.78. The molecule has 0 saturated carbocycles. The van der Waals surface area contributed by atoms with Crippen LogP contribution in [0.2, 0.25) is 0 Å². The third-order valence-corrected chi connectivity index (χ3v) is 3.40. The van der Waals surface area contributed by atoms with E-state index in [-0.39, 0.29) is 6.61 Å². The number of aliphatic carboxylic acids is 1. The molecule has 0 bridgehead atoms. The molecule has 0 spiro atoms. The first-order chi connectivity index (χ1) is 7.90. The zero-order valence-electron chi connectivity index (χ0n) is 10.9. The second kappa shape index (κ2) is 5.50. The van der Waals surface area contributed by atoms with Crippen molar-refractivity contribution in [3.63, 3.8) is 0 Å². The van der Waals surface area contributed by atoms with E-state index in [9.17, 15) is 15.0 Å². The fraction of sp³-hybridized carbons (Fsp3) is 0.643. The maximum Gasteiger partial charge on any atom is 0.315 e. The van der Waals surface area contributed by atoms with Crippen molar-refractivity contribution in [2.45, 2.75) is 40.0 Å². The first kappa shape index (κ1) is 14.0. The molecule has 0 heterocycles. The summed E-state index contributed by atoms with van der Waals surface area (Å²) in [7, 11) is 0. The van der Waals surface area contributed by atoms with Gasteiger partial charge in [0.25, 0.3) is 0 Å². The summed E-state index contributed by atoms with van der Waals surface area (Å²) in [5.41, 5.74) is 1.06.